The Labute approximate surface area is 118 Å². The highest BCUT2D eigenvalue weighted by Gasteiger charge is 2.16. The van der Waals surface area contributed by atoms with Crippen molar-refractivity contribution in [1.29, 1.82) is 0 Å². The zero-order chi connectivity index (χ0) is 15.2. The van der Waals surface area contributed by atoms with E-state index in [-0.39, 0.29) is 23.2 Å². The fourth-order valence-electron chi connectivity index (χ4n) is 1.45. The number of nitrogens with one attached hydrogen (secondary N) is 1. The molecule has 0 atom stereocenters. The highest BCUT2D eigenvalue weighted by Crippen LogP contribution is 2.16. The van der Waals surface area contributed by atoms with Gasteiger partial charge in [0, 0.05) is 25.3 Å². The standard InChI is InChI=1S/C12H18N2O5S/c1-10(2)19-8-4-7-13-20(17,18)12-6-3-5-11(9-12)14(15)16/h3,5-6,9-10,13H,4,7-8H2,1-2H3. The average molecular weight is 302 g/mol. The topological polar surface area (TPSA) is 98.5 Å². The Balaban J connectivity index is 2.60. The molecule has 1 aromatic rings. The summed E-state index contributed by atoms with van der Waals surface area (Å²) in [5.41, 5.74) is -0.254. The number of ether oxygens (including phenoxy) is 1. The highest BCUT2D eigenvalue weighted by atomic mass is 32.2. The second-order valence-corrected chi connectivity index (χ2v) is 6.19. The number of nitro benzene ring substituents is 1. The van der Waals surface area contributed by atoms with Crippen molar-refractivity contribution in [3.63, 3.8) is 0 Å². The number of rotatable bonds is 8. The number of non-ortho nitro benzene ring substituents is 1. The van der Waals surface area contributed by atoms with Crippen LogP contribution < -0.4 is 4.72 Å². The predicted octanol–water partition coefficient (Wildman–Crippen LogP) is 1.69. The molecule has 0 heterocycles. The predicted molar refractivity (Wildman–Crippen MR) is 74.0 cm³/mol. The van der Waals surface area contributed by atoms with Crippen LogP contribution in [0, 0.1) is 10.1 Å². The molecule has 0 aromatic heterocycles. The monoisotopic (exact) mass is 302 g/mol. The minimum Gasteiger partial charge on any atom is -0.379 e. The maximum absolute atomic E-state index is 11.9. The number of hydrogen-bond donors (Lipinski definition) is 1. The van der Waals surface area contributed by atoms with Gasteiger partial charge in [-0.3, -0.25) is 10.1 Å². The minimum atomic E-state index is -3.73. The van der Waals surface area contributed by atoms with Gasteiger partial charge in [0.15, 0.2) is 0 Å². The van der Waals surface area contributed by atoms with Crippen molar-refractivity contribution in [1.82, 2.24) is 4.72 Å². The van der Waals surface area contributed by atoms with E-state index in [0.717, 1.165) is 6.07 Å². The van der Waals surface area contributed by atoms with E-state index in [2.05, 4.69) is 4.72 Å². The van der Waals surface area contributed by atoms with Crippen LogP contribution in [0.5, 0.6) is 0 Å². The van der Waals surface area contributed by atoms with Crippen LogP contribution in [0.1, 0.15) is 20.3 Å². The lowest BCUT2D eigenvalue weighted by molar-refractivity contribution is -0.385. The Morgan fingerprint density at radius 1 is 1.40 bits per heavy atom. The summed E-state index contributed by atoms with van der Waals surface area (Å²) in [6.07, 6.45) is 0.634. The number of benzene rings is 1. The number of nitrogens with zero attached hydrogens (tertiary/aromatic N) is 1. The molecule has 0 spiro atoms. The smallest absolute Gasteiger partial charge is 0.270 e. The molecule has 0 radical (unpaired) electrons. The molecule has 0 fully saturated rings. The average Bonchev–Trinajstić information content (AvgIpc) is 2.38. The van der Waals surface area contributed by atoms with Crippen molar-refractivity contribution in [2.45, 2.75) is 31.3 Å². The normalized spacial score (nSPS) is 11.8. The molecule has 0 aliphatic carbocycles. The largest absolute Gasteiger partial charge is 0.379 e. The van der Waals surface area contributed by atoms with Crippen LogP contribution in [0.4, 0.5) is 5.69 Å². The molecule has 1 N–H and O–H groups in total. The first kappa shape index (κ1) is 16.5. The van der Waals surface area contributed by atoms with Gasteiger partial charge in [-0.05, 0) is 26.3 Å². The molecule has 0 aliphatic rings. The lowest BCUT2D eigenvalue weighted by Gasteiger charge is -2.08. The molecular formula is C12H18N2O5S. The van der Waals surface area contributed by atoms with Gasteiger partial charge in [0.2, 0.25) is 10.0 Å². The second-order valence-electron chi connectivity index (χ2n) is 4.43. The third-order valence-electron chi connectivity index (χ3n) is 2.40. The molecule has 8 heteroatoms. The molecule has 0 unspecified atom stereocenters. The van der Waals surface area contributed by atoms with Gasteiger partial charge in [0.25, 0.3) is 5.69 Å². The van der Waals surface area contributed by atoms with E-state index < -0.39 is 14.9 Å². The Bertz CT molecular complexity index is 557. The second kappa shape index (κ2) is 7.32. The summed E-state index contributed by atoms with van der Waals surface area (Å²) < 4.78 is 31.5. The van der Waals surface area contributed by atoms with Gasteiger partial charge in [0.1, 0.15) is 0 Å². The van der Waals surface area contributed by atoms with Gasteiger partial charge >= 0.3 is 0 Å². The van der Waals surface area contributed by atoms with Crippen LogP contribution in [0.2, 0.25) is 0 Å². The molecular weight excluding hydrogens is 284 g/mol. The van der Waals surface area contributed by atoms with Crippen LogP contribution in [0.15, 0.2) is 29.2 Å². The fourth-order valence-corrected chi connectivity index (χ4v) is 2.56. The molecule has 0 aliphatic heterocycles. The number of nitro groups is 1. The van der Waals surface area contributed by atoms with Gasteiger partial charge in [0.05, 0.1) is 15.9 Å². The van der Waals surface area contributed by atoms with Crippen molar-refractivity contribution in [3.05, 3.63) is 34.4 Å². The SMILES string of the molecule is CC(C)OCCCNS(=O)(=O)c1cccc([N+](=O)[O-])c1. The van der Waals surface area contributed by atoms with E-state index in [1.165, 1.54) is 18.2 Å². The minimum absolute atomic E-state index is 0.100. The number of hydrogen-bond acceptors (Lipinski definition) is 5. The Morgan fingerprint density at radius 3 is 2.70 bits per heavy atom. The zero-order valence-electron chi connectivity index (χ0n) is 11.4. The van der Waals surface area contributed by atoms with Crippen LogP contribution in [0.25, 0.3) is 0 Å². The fraction of sp³-hybridized carbons (Fsp3) is 0.500. The molecule has 7 nitrogen and oxygen atoms in total. The highest BCUT2D eigenvalue weighted by molar-refractivity contribution is 7.89. The van der Waals surface area contributed by atoms with E-state index in [9.17, 15) is 18.5 Å². The third-order valence-corrected chi connectivity index (χ3v) is 3.86. The number of sulfonamides is 1. The van der Waals surface area contributed by atoms with Gasteiger partial charge in [-0.25, -0.2) is 13.1 Å². The Hall–Kier alpha value is -1.51. The molecule has 1 aromatic carbocycles. The van der Waals surface area contributed by atoms with E-state index in [4.69, 9.17) is 4.74 Å². The van der Waals surface area contributed by atoms with E-state index >= 15 is 0 Å². The van der Waals surface area contributed by atoms with Crippen LogP contribution in [0.3, 0.4) is 0 Å². The molecule has 1 rings (SSSR count). The van der Waals surface area contributed by atoms with Crippen molar-refractivity contribution >= 4 is 15.7 Å². The van der Waals surface area contributed by atoms with Crippen molar-refractivity contribution in [3.8, 4) is 0 Å². The quantitative estimate of drug-likeness (QED) is 0.447. The molecule has 0 saturated carbocycles. The van der Waals surface area contributed by atoms with Gasteiger partial charge in [-0.1, -0.05) is 6.07 Å². The summed E-state index contributed by atoms with van der Waals surface area (Å²) in [7, 11) is -3.73. The van der Waals surface area contributed by atoms with E-state index in [1.54, 1.807) is 0 Å². The summed E-state index contributed by atoms with van der Waals surface area (Å²) in [5.74, 6) is 0. The van der Waals surface area contributed by atoms with Crippen molar-refractivity contribution in [2.75, 3.05) is 13.2 Å². The molecule has 0 saturated heterocycles. The molecule has 0 amide bonds. The van der Waals surface area contributed by atoms with E-state index in [1.807, 2.05) is 13.8 Å². The first-order chi connectivity index (χ1) is 9.33. The Morgan fingerprint density at radius 2 is 2.10 bits per heavy atom. The maximum atomic E-state index is 11.9. The van der Waals surface area contributed by atoms with Crippen LogP contribution in [-0.4, -0.2) is 32.6 Å². The molecule has 112 valence electrons. The maximum Gasteiger partial charge on any atom is 0.270 e. The van der Waals surface area contributed by atoms with Gasteiger partial charge in [-0.15, -0.1) is 0 Å². The lowest BCUT2D eigenvalue weighted by atomic mass is 10.3. The summed E-state index contributed by atoms with van der Waals surface area (Å²) in [6, 6.07) is 4.94. The summed E-state index contributed by atoms with van der Waals surface area (Å²) in [4.78, 5) is 9.87. The van der Waals surface area contributed by atoms with E-state index in [0.29, 0.717) is 13.0 Å². The van der Waals surface area contributed by atoms with Crippen LogP contribution >= 0.6 is 0 Å². The summed E-state index contributed by atoms with van der Waals surface area (Å²) in [5, 5.41) is 10.6. The van der Waals surface area contributed by atoms with Crippen molar-refractivity contribution < 1.29 is 18.1 Å². The molecule has 20 heavy (non-hydrogen) atoms. The molecule has 0 bridgehead atoms. The summed E-state index contributed by atoms with van der Waals surface area (Å²) in [6.45, 7) is 4.47. The summed E-state index contributed by atoms with van der Waals surface area (Å²) >= 11 is 0. The van der Waals surface area contributed by atoms with Crippen molar-refractivity contribution in [2.24, 2.45) is 0 Å². The lowest BCUT2D eigenvalue weighted by Crippen LogP contribution is -2.25. The van der Waals surface area contributed by atoms with Crippen LogP contribution in [-0.2, 0) is 14.8 Å². The van der Waals surface area contributed by atoms with Gasteiger partial charge in [-0.2, -0.15) is 0 Å². The van der Waals surface area contributed by atoms with Gasteiger partial charge < -0.3 is 4.74 Å². The first-order valence-electron chi connectivity index (χ1n) is 6.18. The first-order valence-corrected chi connectivity index (χ1v) is 7.67. The zero-order valence-corrected chi connectivity index (χ0v) is 12.2. The third kappa shape index (κ3) is 5.24. The Kier molecular flexibility index (Phi) is 6.05.